The van der Waals surface area contributed by atoms with Gasteiger partial charge in [-0.3, -0.25) is 0 Å². The molecule has 0 amide bonds. The largest absolute Gasteiger partial charge is 0.493 e. The zero-order valence-electron chi connectivity index (χ0n) is 13.9. The lowest BCUT2D eigenvalue weighted by molar-refractivity contribution is 0.314. The molecule has 2 aromatic carbocycles. The highest BCUT2D eigenvalue weighted by atomic mass is 16.5. The standard InChI is InChI=1S/C20H26N2O/c1-2-15-23-20-8-4-3-7-17(20)16-21-18-9-11-19(12-10-18)22-13-5-6-14-22/h3-4,7-12,21H,2,5-6,13-16H2,1H3. The van der Waals surface area contributed by atoms with Gasteiger partial charge >= 0.3 is 0 Å². The Kier molecular flexibility index (Phi) is 5.41. The van der Waals surface area contributed by atoms with E-state index >= 15 is 0 Å². The van der Waals surface area contributed by atoms with Crippen LogP contribution < -0.4 is 15.0 Å². The lowest BCUT2D eigenvalue weighted by Gasteiger charge is -2.18. The topological polar surface area (TPSA) is 24.5 Å². The van der Waals surface area contributed by atoms with Gasteiger partial charge in [-0.2, -0.15) is 0 Å². The van der Waals surface area contributed by atoms with E-state index < -0.39 is 0 Å². The van der Waals surface area contributed by atoms with Gasteiger partial charge in [0.2, 0.25) is 0 Å². The summed E-state index contributed by atoms with van der Waals surface area (Å²) in [6, 6.07) is 17.0. The number of hydrogen-bond donors (Lipinski definition) is 1. The Morgan fingerprint density at radius 3 is 2.48 bits per heavy atom. The first-order valence-corrected chi connectivity index (χ1v) is 8.66. The molecule has 1 fully saturated rings. The van der Waals surface area contributed by atoms with E-state index in [1.807, 2.05) is 12.1 Å². The van der Waals surface area contributed by atoms with Gasteiger partial charge in [0.15, 0.2) is 0 Å². The molecule has 3 rings (SSSR count). The summed E-state index contributed by atoms with van der Waals surface area (Å²) in [4.78, 5) is 2.46. The SMILES string of the molecule is CCCOc1ccccc1CNc1ccc(N2CCCC2)cc1. The molecule has 1 saturated heterocycles. The summed E-state index contributed by atoms with van der Waals surface area (Å²) in [7, 11) is 0. The highest BCUT2D eigenvalue weighted by Crippen LogP contribution is 2.23. The first-order chi connectivity index (χ1) is 11.4. The summed E-state index contributed by atoms with van der Waals surface area (Å²) in [6.07, 6.45) is 3.66. The van der Waals surface area contributed by atoms with Crippen molar-refractivity contribution in [3.05, 3.63) is 54.1 Å². The Morgan fingerprint density at radius 1 is 1.00 bits per heavy atom. The maximum atomic E-state index is 5.81. The van der Waals surface area contributed by atoms with Gasteiger partial charge in [-0.1, -0.05) is 25.1 Å². The average molecular weight is 310 g/mol. The molecule has 3 heteroatoms. The highest BCUT2D eigenvalue weighted by Gasteiger charge is 2.11. The monoisotopic (exact) mass is 310 g/mol. The van der Waals surface area contributed by atoms with E-state index in [1.165, 1.54) is 37.2 Å². The second-order valence-corrected chi connectivity index (χ2v) is 6.05. The number of nitrogens with zero attached hydrogens (tertiary/aromatic N) is 1. The Labute approximate surface area is 139 Å². The fraction of sp³-hybridized carbons (Fsp3) is 0.400. The van der Waals surface area contributed by atoms with E-state index in [4.69, 9.17) is 4.74 Å². The molecule has 1 heterocycles. The minimum absolute atomic E-state index is 0.765. The van der Waals surface area contributed by atoms with Crippen LogP contribution in [0.5, 0.6) is 5.75 Å². The molecule has 1 aliphatic heterocycles. The van der Waals surface area contributed by atoms with Crippen molar-refractivity contribution in [2.75, 3.05) is 29.9 Å². The molecule has 3 nitrogen and oxygen atoms in total. The smallest absolute Gasteiger partial charge is 0.124 e. The Hall–Kier alpha value is -2.16. The number of benzene rings is 2. The quantitative estimate of drug-likeness (QED) is 0.803. The molecule has 0 radical (unpaired) electrons. The number of ether oxygens (including phenoxy) is 1. The van der Waals surface area contributed by atoms with Crippen LogP contribution in [0.1, 0.15) is 31.7 Å². The number of para-hydroxylation sites is 1. The van der Waals surface area contributed by atoms with E-state index in [2.05, 4.69) is 53.5 Å². The van der Waals surface area contributed by atoms with Crippen molar-refractivity contribution in [3.63, 3.8) is 0 Å². The van der Waals surface area contributed by atoms with Gasteiger partial charge in [-0.05, 0) is 49.6 Å². The fourth-order valence-electron chi connectivity index (χ4n) is 2.97. The molecule has 1 N–H and O–H groups in total. The molecule has 1 aliphatic rings. The first-order valence-electron chi connectivity index (χ1n) is 8.66. The molecule has 0 unspecified atom stereocenters. The van der Waals surface area contributed by atoms with Gasteiger partial charge < -0.3 is 15.0 Å². The van der Waals surface area contributed by atoms with Gasteiger partial charge in [0, 0.05) is 36.6 Å². The van der Waals surface area contributed by atoms with Crippen LogP contribution >= 0.6 is 0 Å². The van der Waals surface area contributed by atoms with Gasteiger partial charge in [-0.25, -0.2) is 0 Å². The summed E-state index contributed by atoms with van der Waals surface area (Å²) in [5, 5.41) is 3.50. The van der Waals surface area contributed by atoms with Crippen LogP contribution in [0, 0.1) is 0 Å². The van der Waals surface area contributed by atoms with Crippen molar-refractivity contribution in [1.29, 1.82) is 0 Å². The van der Waals surface area contributed by atoms with E-state index in [-0.39, 0.29) is 0 Å². The summed E-state index contributed by atoms with van der Waals surface area (Å²) in [5.74, 6) is 0.982. The van der Waals surface area contributed by atoms with E-state index in [0.717, 1.165) is 31.0 Å². The Morgan fingerprint density at radius 2 is 1.74 bits per heavy atom. The number of anilines is 2. The maximum Gasteiger partial charge on any atom is 0.124 e. The summed E-state index contributed by atoms with van der Waals surface area (Å²) >= 11 is 0. The van der Waals surface area contributed by atoms with Crippen LogP contribution in [0.25, 0.3) is 0 Å². The summed E-state index contributed by atoms with van der Waals surface area (Å²) < 4.78 is 5.81. The second kappa shape index (κ2) is 7.91. The van der Waals surface area contributed by atoms with Crippen LogP contribution in [-0.4, -0.2) is 19.7 Å². The molecule has 2 aromatic rings. The van der Waals surface area contributed by atoms with Crippen LogP contribution in [0.4, 0.5) is 11.4 Å². The third-order valence-corrected chi connectivity index (χ3v) is 4.26. The lowest BCUT2D eigenvalue weighted by atomic mass is 10.2. The van der Waals surface area contributed by atoms with Gasteiger partial charge in [0.1, 0.15) is 5.75 Å². The van der Waals surface area contributed by atoms with E-state index in [0.29, 0.717) is 0 Å². The molecular weight excluding hydrogens is 284 g/mol. The minimum atomic E-state index is 0.765. The number of nitrogens with one attached hydrogen (secondary N) is 1. The van der Waals surface area contributed by atoms with Gasteiger partial charge in [0.25, 0.3) is 0 Å². The maximum absolute atomic E-state index is 5.81. The van der Waals surface area contributed by atoms with Crippen molar-refractivity contribution in [2.24, 2.45) is 0 Å². The highest BCUT2D eigenvalue weighted by molar-refractivity contribution is 5.56. The zero-order chi connectivity index (χ0) is 15.9. The van der Waals surface area contributed by atoms with Crippen molar-refractivity contribution in [2.45, 2.75) is 32.7 Å². The summed E-state index contributed by atoms with van der Waals surface area (Å²) in [5.41, 5.74) is 3.68. The summed E-state index contributed by atoms with van der Waals surface area (Å²) in [6.45, 7) is 6.05. The molecule has 23 heavy (non-hydrogen) atoms. The van der Waals surface area contributed by atoms with E-state index in [1.54, 1.807) is 0 Å². The molecular formula is C20H26N2O. The molecule has 0 atom stereocenters. The van der Waals surface area contributed by atoms with Crippen molar-refractivity contribution >= 4 is 11.4 Å². The van der Waals surface area contributed by atoms with Crippen molar-refractivity contribution in [1.82, 2.24) is 0 Å². The third kappa shape index (κ3) is 4.19. The van der Waals surface area contributed by atoms with Crippen LogP contribution in [-0.2, 0) is 6.54 Å². The molecule has 0 spiro atoms. The molecule has 0 aromatic heterocycles. The molecule has 0 aliphatic carbocycles. The number of rotatable bonds is 7. The van der Waals surface area contributed by atoms with Gasteiger partial charge in [-0.15, -0.1) is 0 Å². The average Bonchev–Trinajstić information content (AvgIpc) is 3.14. The second-order valence-electron chi connectivity index (χ2n) is 6.05. The zero-order valence-corrected chi connectivity index (χ0v) is 13.9. The van der Waals surface area contributed by atoms with Crippen LogP contribution in [0.2, 0.25) is 0 Å². The Bertz CT molecular complexity index is 603. The van der Waals surface area contributed by atoms with Crippen molar-refractivity contribution < 1.29 is 4.74 Å². The molecule has 0 saturated carbocycles. The predicted molar refractivity (Wildman–Crippen MR) is 97.4 cm³/mol. The third-order valence-electron chi connectivity index (χ3n) is 4.26. The predicted octanol–water partition coefficient (Wildman–Crippen LogP) is 4.69. The lowest BCUT2D eigenvalue weighted by Crippen LogP contribution is -2.17. The van der Waals surface area contributed by atoms with Crippen LogP contribution in [0.3, 0.4) is 0 Å². The van der Waals surface area contributed by atoms with Crippen LogP contribution in [0.15, 0.2) is 48.5 Å². The fourth-order valence-corrected chi connectivity index (χ4v) is 2.97. The molecule has 0 bridgehead atoms. The minimum Gasteiger partial charge on any atom is -0.493 e. The van der Waals surface area contributed by atoms with Gasteiger partial charge in [0.05, 0.1) is 6.61 Å². The first kappa shape index (κ1) is 15.7. The normalized spacial score (nSPS) is 14.0. The van der Waals surface area contributed by atoms with E-state index in [9.17, 15) is 0 Å². The van der Waals surface area contributed by atoms with Crippen molar-refractivity contribution in [3.8, 4) is 5.75 Å². The molecule has 122 valence electrons. The number of hydrogen-bond acceptors (Lipinski definition) is 3. The Balaban J connectivity index is 1.59.